The lowest BCUT2D eigenvalue weighted by Crippen LogP contribution is -2.54. The summed E-state index contributed by atoms with van der Waals surface area (Å²) in [6, 6.07) is 7.19. The summed E-state index contributed by atoms with van der Waals surface area (Å²) in [6.07, 6.45) is 0.385. The highest BCUT2D eigenvalue weighted by molar-refractivity contribution is 6.35. The second-order valence-electron chi connectivity index (χ2n) is 6.96. The molecule has 1 fully saturated rings. The molecule has 3 heterocycles. The monoisotopic (exact) mass is 440 g/mol. The average Bonchev–Trinajstić information content (AvgIpc) is 2.74. The Kier molecular flexibility index (Phi) is 5.75. The smallest absolute Gasteiger partial charge is 0.281 e. The normalized spacial score (nSPS) is 13.9. The number of rotatable bonds is 5. The molecule has 0 radical (unpaired) electrons. The number of aromatic nitrogens is 4. The third-order valence-electron chi connectivity index (χ3n) is 4.98. The molecule has 3 aromatic rings. The number of halogens is 1. The van der Waals surface area contributed by atoms with Crippen LogP contribution in [0.25, 0.3) is 10.9 Å². The van der Waals surface area contributed by atoms with E-state index >= 15 is 0 Å². The molecule has 0 bridgehead atoms. The molecule has 0 atom stereocenters. The van der Waals surface area contributed by atoms with Crippen LogP contribution in [0.1, 0.15) is 11.4 Å². The summed E-state index contributed by atoms with van der Waals surface area (Å²) >= 11 is 6.31. The molecular weight excluding hydrogens is 420 g/mol. The highest BCUT2D eigenvalue weighted by atomic mass is 35.5. The van der Waals surface area contributed by atoms with Gasteiger partial charge in [-0.25, -0.2) is 9.66 Å². The fourth-order valence-electron chi connectivity index (χ4n) is 3.56. The summed E-state index contributed by atoms with van der Waals surface area (Å²) in [5.74, 6) is 0.791. The fourth-order valence-corrected chi connectivity index (χ4v) is 3.81. The zero-order valence-electron chi connectivity index (χ0n) is 16.6. The average molecular weight is 441 g/mol. The first kappa shape index (κ1) is 20.6. The molecule has 4 rings (SSSR count). The van der Waals surface area contributed by atoms with Crippen LogP contribution in [-0.2, 0) is 6.42 Å². The number of nitrogens with zero attached hydrogens (tertiary/aromatic N) is 6. The van der Waals surface area contributed by atoms with Crippen molar-refractivity contribution in [1.82, 2.24) is 24.9 Å². The lowest BCUT2D eigenvalue weighted by molar-refractivity contribution is 0.467. The van der Waals surface area contributed by atoms with E-state index in [1.54, 1.807) is 22.9 Å². The number of fused-ring (bicyclic) bond motifs is 1. The van der Waals surface area contributed by atoms with Crippen molar-refractivity contribution < 1.29 is 0 Å². The van der Waals surface area contributed by atoms with E-state index in [1.165, 1.54) is 0 Å². The molecule has 1 aromatic carbocycles. The minimum Gasteiger partial charge on any atom is -0.382 e. The maximum absolute atomic E-state index is 13.4. The zero-order valence-corrected chi connectivity index (χ0v) is 17.4. The molecular formula is C19H21ClN10O. The molecule has 12 heteroatoms. The van der Waals surface area contributed by atoms with Crippen molar-refractivity contribution in [2.24, 2.45) is 0 Å². The summed E-state index contributed by atoms with van der Waals surface area (Å²) in [4.78, 5) is 25.9. The van der Waals surface area contributed by atoms with E-state index in [2.05, 4.69) is 20.6 Å². The van der Waals surface area contributed by atoms with Crippen LogP contribution in [0.2, 0.25) is 5.02 Å². The van der Waals surface area contributed by atoms with E-state index in [1.807, 2.05) is 11.1 Å². The lowest BCUT2D eigenvalue weighted by Gasteiger charge is -2.32. The van der Waals surface area contributed by atoms with E-state index in [-0.39, 0.29) is 28.7 Å². The molecule has 0 unspecified atom stereocenters. The van der Waals surface area contributed by atoms with Gasteiger partial charge in [0, 0.05) is 39.1 Å². The number of hydrogen-bond acceptors (Lipinski definition) is 10. The first-order valence-electron chi connectivity index (χ1n) is 9.72. The van der Waals surface area contributed by atoms with Crippen LogP contribution >= 0.6 is 11.6 Å². The molecule has 31 heavy (non-hydrogen) atoms. The number of benzene rings is 1. The van der Waals surface area contributed by atoms with E-state index in [9.17, 15) is 10.1 Å². The van der Waals surface area contributed by atoms with Gasteiger partial charge in [-0.3, -0.25) is 4.79 Å². The second kappa shape index (κ2) is 8.63. The largest absolute Gasteiger partial charge is 0.382 e. The Bertz CT molecular complexity index is 1230. The van der Waals surface area contributed by atoms with Gasteiger partial charge in [-0.05, 0) is 12.1 Å². The predicted octanol–water partition coefficient (Wildman–Crippen LogP) is 0.0718. The number of piperazine rings is 1. The van der Waals surface area contributed by atoms with Crippen molar-refractivity contribution in [2.45, 2.75) is 6.42 Å². The maximum atomic E-state index is 13.4. The number of nitrogens with two attached hydrogens (primary N) is 2. The first-order chi connectivity index (χ1) is 15.0. The Morgan fingerprint density at radius 3 is 2.74 bits per heavy atom. The van der Waals surface area contributed by atoms with Crippen molar-refractivity contribution in [3.63, 3.8) is 0 Å². The van der Waals surface area contributed by atoms with E-state index in [0.29, 0.717) is 47.8 Å². The number of nitrogens with one attached hydrogen (secondary N) is 2. The van der Waals surface area contributed by atoms with Crippen LogP contribution in [0, 0.1) is 11.3 Å². The van der Waals surface area contributed by atoms with E-state index < -0.39 is 0 Å². The van der Waals surface area contributed by atoms with Crippen LogP contribution in [0.3, 0.4) is 0 Å². The molecule has 0 amide bonds. The second-order valence-corrected chi connectivity index (χ2v) is 7.37. The van der Waals surface area contributed by atoms with E-state index in [0.717, 1.165) is 13.1 Å². The molecule has 6 N–H and O–H groups in total. The van der Waals surface area contributed by atoms with Crippen molar-refractivity contribution in [3.05, 3.63) is 45.0 Å². The molecule has 1 aliphatic heterocycles. The summed E-state index contributed by atoms with van der Waals surface area (Å²) < 4.78 is 1.60. The van der Waals surface area contributed by atoms with Crippen molar-refractivity contribution >= 4 is 40.1 Å². The Morgan fingerprint density at radius 1 is 1.23 bits per heavy atom. The first-order valence-corrected chi connectivity index (χ1v) is 10.1. The van der Waals surface area contributed by atoms with Crippen LogP contribution < -0.4 is 32.7 Å². The molecule has 0 spiro atoms. The Hall–Kier alpha value is -3.62. The summed E-state index contributed by atoms with van der Waals surface area (Å²) in [6.45, 7) is 3.19. The van der Waals surface area contributed by atoms with Gasteiger partial charge in [0.05, 0.1) is 15.9 Å². The van der Waals surface area contributed by atoms with Gasteiger partial charge in [0.2, 0.25) is 5.95 Å². The molecule has 160 valence electrons. The van der Waals surface area contributed by atoms with Crippen LogP contribution in [-0.4, -0.2) is 52.4 Å². The Balaban J connectivity index is 1.69. The number of anilines is 3. The lowest BCUT2D eigenvalue weighted by atomic mass is 10.2. The van der Waals surface area contributed by atoms with Gasteiger partial charge >= 0.3 is 0 Å². The zero-order chi connectivity index (χ0) is 22.0. The Labute approximate surface area is 182 Å². The topological polar surface area (TPSA) is 164 Å². The highest BCUT2D eigenvalue weighted by Crippen LogP contribution is 2.20. The molecule has 2 aromatic heterocycles. The van der Waals surface area contributed by atoms with Crippen LogP contribution in [0.5, 0.6) is 0 Å². The van der Waals surface area contributed by atoms with Gasteiger partial charge in [0.1, 0.15) is 23.3 Å². The quantitative estimate of drug-likeness (QED) is 0.426. The number of nitrogen functional groups attached to an aromatic ring is 2. The van der Waals surface area contributed by atoms with Gasteiger partial charge < -0.3 is 27.1 Å². The van der Waals surface area contributed by atoms with Gasteiger partial charge in [0.25, 0.3) is 5.56 Å². The SMILES string of the molecule is N#Cc1c(N)nc(N)nc1NCCc1nc2cccc(Cl)c2c(=O)n1N1CCNCC1. The van der Waals surface area contributed by atoms with E-state index in [4.69, 9.17) is 28.1 Å². The molecule has 0 aliphatic carbocycles. The predicted molar refractivity (Wildman–Crippen MR) is 120 cm³/mol. The number of nitriles is 1. The van der Waals surface area contributed by atoms with Gasteiger partial charge in [-0.1, -0.05) is 17.7 Å². The number of hydrogen-bond donors (Lipinski definition) is 4. The van der Waals surface area contributed by atoms with Crippen molar-refractivity contribution in [3.8, 4) is 6.07 Å². The Morgan fingerprint density at radius 2 is 2.00 bits per heavy atom. The minimum atomic E-state index is -0.208. The highest BCUT2D eigenvalue weighted by Gasteiger charge is 2.20. The fraction of sp³-hybridized carbons (Fsp3) is 0.316. The van der Waals surface area contributed by atoms with Crippen LogP contribution in [0.15, 0.2) is 23.0 Å². The van der Waals surface area contributed by atoms with Crippen molar-refractivity contribution in [1.29, 1.82) is 5.26 Å². The summed E-state index contributed by atoms with van der Waals surface area (Å²) in [5.41, 5.74) is 11.9. The minimum absolute atomic E-state index is 0.00805. The van der Waals surface area contributed by atoms with Gasteiger partial charge in [0.15, 0.2) is 5.82 Å². The maximum Gasteiger partial charge on any atom is 0.281 e. The third kappa shape index (κ3) is 4.03. The molecule has 0 saturated carbocycles. The molecule has 1 aliphatic rings. The standard InChI is InChI=1S/C19H21ClN10O/c20-12-2-1-3-13-15(12)18(31)30(29-8-6-24-7-9-29)14(26-13)4-5-25-17-11(10-21)16(22)27-19(23)28-17/h1-3,24H,4-9H2,(H5,22,23,25,27,28). The van der Waals surface area contributed by atoms with Crippen molar-refractivity contribution in [2.75, 3.05) is 54.5 Å². The van der Waals surface area contributed by atoms with Gasteiger partial charge in [-0.15, -0.1) is 0 Å². The van der Waals surface area contributed by atoms with Crippen LogP contribution in [0.4, 0.5) is 17.6 Å². The molecule has 1 saturated heterocycles. The molecule has 11 nitrogen and oxygen atoms in total. The third-order valence-corrected chi connectivity index (χ3v) is 5.29. The summed E-state index contributed by atoms with van der Waals surface area (Å²) in [5, 5.41) is 18.4. The summed E-state index contributed by atoms with van der Waals surface area (Å²) in [7, 11) is 0. The van der Waals surface area contributed by atoms with Gasteiger partial charge in [-0.2, -0.15) is 15.2 Å².